The van der Waals surface area contributed by atoms with Crippen LogP contribution in [0.1, 0.15) is 38.5 Å². The molecule has 0 spiro atoms. The van der Waals surface area contributed by atoms with Crippen molar-refractivity contribution < 1.29 is 14.3 Å². The van der Waals surface area contributed by atoms with Crippen LogP contribution in [-0.2, 0) is 11.3 Å². The first-order valence-corrected chi connectivity index (χ1v) is 15.2. The van der Waals surface area contributed by atoms with Gasteiger partial charge < -0.3 is 15.0 Å². The summed E-state index contributed by atoms with van der Waals surface area (Å²) in [7, 11) is 3.91. The van der Waals surface area contributed by atoms with Crippen LogP contribution in [-0.4, -0.2) is 43.0 Å². The summed E-state index contributed by atoms with van der Waals surface area (Å²) < 4.78 is 5.81. The molecule has 1 aliphatic carbocycles. The average molecular weight is 601 g/mol. The van der Waals surface area contributed by atoms with Crippen LogP contribution in [0.4, 0.5) is 10.6 Å². The van der Waals surface area contributed by atoms with Crippen molar-refractivity contribution in [1.29, 1.82) is 0 Å². The van der Waals surface area contributed by atoms with E-state index in [9.17, 15) is 9.59 Å². The number of carbonyl (C=O) groups is 2. The molecule has 1 N–H and O–H groups in total. The number of nitrogens with one attached hydrogen (secondary N) is 1. The number of aryl methyl sites for hydroxylation is 1. The molecule has 6 rings (SSSR count). The summed E-state index contributed by atoms with van der Waals surface area (Å²) in [5.74, 6) is 0.847. The zero-order valence-corrected chi connectivity index (χ0v) is 25.6. The van der Waals surface area contributed by atoms with E-state index in [-0.39, 0.29) is 19.1 Å². The number of aldehydes is 1. The number of nitrogens with zero attached hydrogens (tertiary/aromatic N) is 3. The number of aromatic nitrogens is 2. The van der Waals surface area contributed by atoms with Gasteiger partial charge in [0.2, 0.25) is 0 Å². The highest BCUT2D eigenvalue weighted by Crippen LogP contribution is 2.44. The molecule has 0 bridgehead atoms. The molecule has 1 amide bonds. The van der Waals surface area contributed by atoms with E-state index in [0.717, 1.165) is 39.3 Å². The molecule has 220 valence electrons. The summed E-state index contributed by atoms with van der Waals surface area (Å²) >= 11 is 1.42. The first kappa shape index (κ1) is 29.1. The summed E-state index contributed by atoms with van der Waals surface area (Å²) in [5.41, 5.74) is 9.03. The monoisotopic (exact) mass is 600 g/mol. The lowest BCUT2D eigenvalue weighted by molar-refractivity contribution is 0.112. The Labute approximate surface area is 261 Å². The molecule has 2 aromatic heterocycles. The van der Waals surface area contributed by atoms with Gasteiger partial charge in [-0.1, -0.05) is 66.4 Å². The minimum Gasteiger partial charge on any atom is -0.449 e. The van der Waals surface area contributed by atoms with Gasteiger partial charge in [0.25, 0.3) is 0 Å². The van der Waals surface area contributed by atoms with E-state index in [4.69, 9.17) is 4.74 Å². The summed E-state index contributed by atoms with van der Waals surface area (Å²) in [6.07, 6.45) is 3.84. The molecule has 0 saturated heterocycles. The van der Waals surface area contributed by atoms with Crippen molar-refractivity contribution in [2.24, 2.45) is 0 Å². The van der Waals surface area contributed by atoms with Crippen LogP contribution in [0.15, 0.2) is 107 Å². The van der Waals surface area contributed by atoms with Crippen LogP contribution in [0.3, 0.4) is 0 Å². The van der Waals surface area contributed by atoms with E-state index in [0.29, 0.717) is 10.6 Å². The number of hydrogen-bond acceptors (Lipinski definition) is 7. The Bertz CT molecular complexity index is 1790. The molecule has 3 aromatic carbocycles. The van der Waals surface area contributed by atoms with Gasteiger partial charge in [-0.15, -0.1) is 0 Å². The van der Waals surface area contributed by atoms with Crippen molar-refractivity contribution in [2.45, 2.75) is 29.3 Å². The topological polar surface area (TPSA) is 84.4 Å². The van der Waals surface area contributed by atoms with Crippen molar-refractivity contribution in [3.05, 3.63) is 125 Å². The third-order valence-corrected chi connectivity index (χ3v) is 9.11. The van der Waals surface area contributed by atoms with E-state index < -0.39 is 6.09 Å². The fraction of sp³-hybridized carbons (Fsp3) is 0.167. The lowest BCUT2D eigenvalue weighted by Crippen LogP contribution is -2.26. The highest BCUT2D eigenvalue weighted by Gasteiger charge is 2.29. The number of amides is 1. The summed E-state index contributed by atoms with van der Waals surface area (Å²) in [6, 6.07) is 28.2. The van der Waals surface area contributed by atoms with Crippen LogP contribution in [0.5, 0.6) is 0 Å². The SMILES string of the molecule is Cc1cc(-c2ccc(N(C)C)nc2)cc(CNC(=O)OCC2c3ccccc3-c3ccccc32)c1Sc1ncccc1C=O. The minimum atomic E-state index is -0.491. The fourth-order valence-electron chi connectivity index (χ4n) is 5.60. The second-order valence-electron chi connectivity index (χ2n) is 10.9. The highest BCUT2D eigenvalue weighted by atomic mass is 32.2. The van der Waals surface area contributed by atoms with Gasteiger partial charge in [0.15, 0.2) is 6.29 Å². The third-order valence-electron chi connectivity index (χ3n) is 7.78. The van der Waals surface area contributed by atoms with Gasteiger partial charge in [-0.3, -0.25) is 4.79 Å². The lowest BCUT2D eigenvalue weighted by Gasteiger charge is -2.18. The molecule has 8 heteroatoms. The first-order valence-electron chi connectivity index (χ1n) is 14.4. The van der Waals surface area contributed by atoms with Crippen molar-refractivity contribution in [3.8, 4) is 22.3 Å². The second kappa shape index (κ2) is 12.7. The largest absolute Gasteiger partial charge is 0.449 e. The number of alkyl carbamates (subject to hydrolysis) is 1. The van der Waals surface area contributed by atoms with Crippen molar-refractivity contribution in [1.82, 2.24) is 15.3 Å². The third kappa shape index (κ3) is 5.94. The molecule has 1 aliphatic rings. The number of rotatable bonds is 9. The molecular weight excluding hydrogens is 568 g/mol. The van der Waals surface area contributed by atoms with Gasteiger partial charge >= 0.3 is 6.09 Å². The molecule has 0 aliphatic heterocycles. The van der Waals surface area contributed by atoms with Crippen molar-refractivity contribution in [2.75, 3.05) is 25.6 Å². The van der Waals surface area contributed by atoms with Crippen molar-refractivity contribution in [3.63, 3.8) is 0 Å². The first-order chi connectivity index (χ1) is 21.4. The average Bonchev–Trinajstić information content (AvgIpc) is 3.37. The summed E-state index contributed by atoms with van der Waals surface area (Å²) in [4.78, 5) is 36.7. The Morgan fingerprint density at radius 2 is 1.66 bits per heavy atom. The molecular formula is C36H32N4O3S. The molecule has 2 heterocycles. The van der Waals surface area contributed by atoms with E-state index in [1.807, 2.05) is 68.5 Å². The Balaban J connectivity index is 1.24. The van der Waals surface area contributed by atoms with Gasteiger partial charge in [-0.05, 0) is 76.2 Å². The number of benzene rings is 3. The molecule has 7 nitrogen and oxygen atoms in total. The van der Waals surface area contributed by atoms with Crippen LogP contribution in [0.2, 0.25) is 0 Å². The second-order valence-corrected chi connectivity index (χ2v) is 11.9. The van der Waals surface area contributed by atoms with Crippen LogP contribution in [0, 0.1) is 6.92 Å². The maximum Gasteiger partial charge on any atom is 0.407 e. The smallest absolute Gasteiger partial charge is 0.407 e. The van der Waals surface area contributed by atoms with Gasteiger partial charge in [0.05, 0.1) is 0 Å². The molecule has 0 saturated carbocycles. The van der Waals surface area contributed by atoms with E-state index in [1.165, 1.54) is 34.0 Å². The predicted octanol–water partition coefficient (Wildman–Crippen LogP) is 7.52. The highest BCUT2D eigenvalue weighted by molar-refractivity contribution is 7.99. The molecule has 44 heavy (non-hydrogen) atoms. The van der Waals surface area contributed by atoms with Crippen LogP contribution >= 0.6 is 11.8 Å². The quantitative estimate of drug-likeness (QED) is 0.175. The Morgan fingerprint density at radius 3 is 2.32 bits per heavy atom. The Morgan fingerprint density at radius 1 is 0.932 bits per heavy atom. The van der Waals surface area contributed by atoms with Crippen LogP contribution in [0.25, 0.3) is 22.3 Å². The molecule has 0 radical (unpaired) electrons. The predicted molar refractivity (Wildman–Crippen MR) is 174 cm³/mol. The lowest BCUT2D eigenvalue weighted by atomic mass is 9.98. The van der Waals surface area contributed by atoms with E-state index >= 15 is 0 Å². The van der Waals surface area contributed by atoms with Crippen LogP contribution < -0.4 is 10.2 Å². The maximum atomic E-state index is 13.1. The molecule has 0 fully saturated rings. The molecule has 0 atom stereocenters. The number of carbonyl (C=O) groups excluding carboxylic acids is 2. The van der Waals surface area contributed by atoms with Gasteiger partial charge in [-0.25, -0.2) is 14.8 Å². The Kier molecular flexibility index (Phi) is 8.43. The fourth-order valence-corrected chi connectivity index (χ4v) is 6.63. The Hall–Kier alpha value is -4.95. The number of fused-ring (bicyclic) bond motifs is 3. The maximum absolute atomic E-state index is 13.1. The molecule has 0 unspecified atom stereocenters. The zero-order chi connectivity index (χ0) is 30.6. The summed E-state index contributed by atoms with van der Waals surface area (Å²) in [6.45, 7) is 2.50. The summed E-state index contributed by atoms with van der Waals surface area (Å²) in [5, 5.41) is 3.58. The van der Waals surface area contributed by atoms with Gasteiger partial charge in [0.1, 0.15) is 17.5 Å². The number of anilines is 1. The van der Waals surface area contributed by atoms with Gasteiger partial charge in [-0.2, -0.15) is 0 Å². The van der Waals surface area contributed by atoms with Crippen molar-refractivity contribution >= 4 is 30.0 Å². The van der Waals surface area contributed by atoms with E-state index in [2.05, 4.69) is 51.7 Å². The van der Waals surface area contributed by atoms with E-state index in [1.54, 1.807) is 18.3 Å². The number of hydrogen-bond donors (Lipinski definition) is 1. The zero-order valence-electron chi connectivity index (χ0n) is 24.8. The number of pyridine rings is 2. The number of ether oxygens (including phenoxy) is 1. The minimum absolute atomic E-state index is 0.0200. The normalized spacial score (nSPS) is 11.9. The van der Waals surface area contributed by atoms with Gasteiger partial charge in [0, 0.05) is 55.0 Å². The molecule has 5 aromatic rings. The standard InChI is InChI=1S/C36H32N4O3S/c1-23-17-26(24-14-15-33(38-19-24)40(2)3)18-27(34(23)44-35-25(21-41)9-8-16-37-35)20-39-36(42)43-22-32-30-12-6-4-10-28(30)29-11-5-7-13-31(29)32/h4-19,21,32H,20,22H2,1-3H3,(H,39,42).